The maximum absolute atomic E-state index is 12.0. The fourth-order valence-corrected chi connectivity index (χ4v) is 2.16. The summed E-state index contributed by atoms with van der Waals surface area (Å²) in [4.78, 5) is 12.0. The maximum atomic E-state index is 12.0. The number of benzene rings is 1. The Balaban J connectivity index is 1.95. The Hall–Kier alpha value is -1.49. The van der Waals surface area contributed by atoms with Crippen molar-refractivity contribution in [2.24, 2.45) is 0 Å². The highest BCUT2D eigenvalue weighted by molar-refractivity contribution is 6.42. The summed E-state index contributed by atoms with van der Waals surface area (Å²) in [5.41, 5.74) is -0.720. The van der Waals surface area contributed by atoms with Gasteiger partial charge in [-0.25, -0.2) is 0 Å². The predicted molar refractivity (Wildman–Crippen MR) is 81.8 cm³/mol. The summed E-state index contributed by atoms with van der Waals surface area (Å²) in [5.74, 6) is 0.331. The van der Waals surface area contributed by atoms with Gasteiger partial charge in [0.15, 0.2) is 0 Å². The van der Waals surface area contributed by atoms with E-state index in [1.165, 1.54) is 6.07 Å². The van der Waals surface area contributed by atoms with Gasteiger partial charge in [0.1, 0.15) is 5.76 Å². The van der Waals surface area contributed by atoms with Crippen molar-refractivity contribution in [1.82, 2.24) is 5.32 Å². The number of aliphatic hydroxyl groups is 1. The SMILES string of the molecule is C[C@](O)(CNC(=O)c1ccc(Cl)c(Cl)c1)Cc1ccco1. The minimum Gasteiger partial charge on any atom is -0.469 e. The number of carbonyl (C=O) groups is 1. The fourth-order valence-electron chi connectivity index (χ4n) is 1.86. The number of nitrogens with one attached hydrogen (secondary N) is 1. The molecule has 1 aromatic heterocycles. The molecule has 0 fully saturated rings. The largest absolute Gasteiger partial charge is 0.469 e. The molecular weight excluding hydrogens is 313 g/mol. The van der Waals surface area contributed by atoms with E-state index in [2.05, 4.69) is 5.32 Å². The van der Waals surface area contributed by atoms with Crippen molar-refractivity contribution >= 4 is 29.1 Å². The van der Waals surface area contributed by atoms with Crippen LogP contribution in [0.25, 0.3) is 0 Å². The monoisotopic (exact) mass is 327 g/mol. The Morgan fingerprint density at radius 2 is 2.10 bits per heavy atom. The van der Waals surface area contributed by atoms with Crippen LogP contribution < -0.4 is 5.32 Å². The van der Waals surface area contributed by atoms with Gasteiger partial charge in [0.2, 0.25) is 0 Å². The van der Waals surface area contributed by atoms with Crippen LogP contribution in [0.4, 0.5) is 0 Å². The maximum Gasteiger partial charge on any atom is 0.251 e. The van der Waals surface area contributed by atoms with E-state index in [0.29, 0.717) is 27.8 Å². The Bertz CT molecular complexity index is 624. The smallest absolute Gasteiger partial charge is 0.251 e. The molecule has 2 rings (SSSR count). The molecule has 0 bridgehead atoms. The van der Waals surface area contributed by atoms with Gasteiger partial charge in [-0.05, 0) is 37.3 Å². The van der Waals surface area contributed by atoms with E-state index in [1.54, 1.807) is 37.5 Å². The Morgan fingerprint density at radius 1 is 1.33 bits per heavy atom. The van der Waals surface area contributed by atoms with E-state index in [4.69, 9.17) is 27.6 Å². The standard InChI is InChI=1S/C15H15Cl2NO3/c1-15(20,8-11-3-2-6-21-11)9-18-14(19)10-4-5-12(16)13(17)7-10/h2-7,20H,8-9H2,1H3,(H,18,19)/t15-/m1/s1. The van der Waals surface area contributed by atoms with Crippen molar-refractivity contribution in [2.45, 2.75) is 18.9 Å². The molecule has 1 amide bonds. The number of rotatable bonds is 5. The molecule has 1 heterocycles. The van der Waals surface area contributed by atoms with E-state index in [0.717, 1.165) is 0 Å². The summed E-state index contributed by atoms with van der Waals surface area (Å²) in [6.45, 7) is 1.72. The number of furan rings is 1. The number of carbonyl (C=O) groups excluding carboxylic acids is 1. The summed E-state index contributed by atoms with van der Waals surface area (Å²) in [7, 11) is 0. The van der Waals surface area contributed by atoms with E-state index >= 15 is 0 Å². The zero-order valence-corrected chi connectivity index (χ0v) is 12.9. The second-order valence-electron chi connectivity index (χ2n) is 5.06. The first-order chi connectivity index (χ1) is 9.87. The minimum atomic E-state index is -1.11. The predicted octanol–water partition coefficient (Wildman–Crippen LogP) is 3.31. The van der Waals surface area contributed by atoms with Crippen molar-refractivity contribution < 1.29 is 14.3 Å². The number of amides is 1. The Labute approximate surface area is 132 Å². The molecule has 0 saturated carbocycles. The van der Waals surface area contributed by atoms with Crippen molar-refractivity contribution in [3.63, 3.8) is 0 Å². The number of hydrogen-bond donors (Lipinski definition) is 2. The molecule has 0 spiro atoms. The topological polar surface area (TPSA) is 62.5 Å². The van der Waals surface area contributed by atoms with Gasteiger partial charge < -0.3 is 14.8 Å². The van der Waals surface area contributed by atoms with Gasteiger partial charge in [-0.3, -0.25) is 4.79 Å². The van der Waals surface area contributed by atoms with Crippen LogP contribution in [0.2, 0.25) is 10.0 Å². The highest BCUT2D eigenvalue weighted by Gasteiger charge is 2.23. The summed E-state index contributed by atoms with van der Waals surface area (Å²) in [6.07, 6.45) is 1.85. The molecule has 6 heteroatoms. The van der Waals surface area contributed by atoms with E-state index < -0.39 is 5.60 Å². The van der Waals surface area contributed by atoms with Crippen molar-refractivity contribution in [2.75, 3.05) is 6.54 Å². The molecule has 0 aliphatic rings. The van der Waals surface area contributed by atoms with Crippen LogP contribution in [0, 0.1) is 0 Å². The van der Waals surface area contributed by atoms with Crippen LogP contribution in [0.5, 0.6) is 0 Å². The highest BCUT2D eigenvalue weighted by Crippen LogP contribution is 2.22. The van der Waals surface area contributed by atoms with Crippen LogP contribution in [-0.4, -0.2) is 23.2 Å². The highest BCUT2D eigenvalue weighted by atomic mass is 35.5. The van der Waals surface area contributed by atoms with Gasteiger partial charge >= 0.3 is 0 Å². The minimum absolute atomic E-state index is 0.0901. The van der Waals surface area contributed by atoms with Crippen molar-refractivity contribution in [3.8, 4) is 0 Å². The third kappa shape index (κ3) is 4.49. The average Bonchev–Trinajstić information content (AvgIpc) is 2.91. The second-order valence-corrected chi connectivity index (χ2v) is 5.88. The lowest BCUT2D eigenvalue weighted by Gasteiger charge is -2.22. The van der Waals surface area contributed by atoms with Gasteiger partial charge in [0.25, 0.3) is 5.91 Å². The van der Waals surface area contributed by atoms with Crippen molar-refractivity contribution in [1.29, 1.82) is 0 Å². The Morgan fingerprint density at radius 3 is 2.71 bits per heavy atom. The van der Waals surface area contributed by atoms with Gasteiger partial charge in [0.05, 0.1) is 21.9 Å². The lowest BCUT2D eigenvalue weighted by Crippen LogP contribution is -2.42. The zero-order valence-electron chi connectivity index (χ0n) is 11.4. The molecule has 1 atom stereocenters. The molecular formula is C15H15Cl2NO3. The molecule has 2 N–H and O–H groups in total. The van der Waals surface area contributed by atoms with Gasteiger partial charge in [0, 0.05) is 18.5 Å². The van der Waals surface area contributed by atoms with Gasteiger partial charge in [-0.1, -0.05) is 23.2 Å². The molecule has 2 aromatic rings. The Kier molecular flexibility index (Phi) is 4.93. The summed E-state index contributed by atoms with van der Waals surface area (Å²) in [5, 5.41) is 13.6. The summed E-state index contributed by atoms with van der Waals surface area (Å²) in [6, 6.07) is 8.14. The van der Waals surface area contributed by atoms with Crippen LogP contribution in [0.15, 0.2) is 41.0 Å². The molecule has 0 saturated heterocycles. The molecule has 0 radical (unpaired) electrons. The molecule has 1 aromatic carbocycles. The molecule has 112 valence electrons. The molecule has 0 unspecified atom stereocenters. The molecule has 0 aliphatic carbocycles. The van der Waals surface area contributed by atoms with Crippen LogP contribution in [0.3, 0.4) is 0 Å². The third-order valence-electron chi connectivity index (χ3n) is 2.95. The fraction of sp³-hybridized carbons (Fsp3) is 0.267. The number of hydrogen-bond acceptors (Lipinski definition) is 3. The van der Waals surface area contributed by atoms with Gasteiger partial charge in [-0.15, -0.1) is 0 Å². The first-order valence-corrected chi connectivity index (χ1v) is 7.11. The second kappa shape index (κ2) is 6.52. The van der Waals surface area contributed by atoms with Crippen molar-refractivity contribution in [3.05, 3.63) is 58.0 Å². The average molecular weight is 328 g/mol. The molecule has 21 heavy (non-hydrogen) atoms. The first-order valence-electron chi connectivity index (χ1n) is 6.35. The summed E-state index contributed by atoms with van der Waals surface area (Å²) >= 11 is 11.7. The van der Waals surface area contributed by atoms with Crippen LogP contribution in [-0.2, 0) is 6.42 Å². The van der Waals surface area contributed by atoms with Crippen LogP contribution in [0.1, 0.15) is 23.0 Å². The van der Waals surface area contributed by atoms with E-state index in [9.17, 15) is 9.90 Å². The van der Waals surface area contributed by atoms with E-state index in [-0.39, 0.29) is 12.5 Å². The number of halogens is 2. The lowest BCUT2D eigenvalue weighted by atomic mass is 10.0. The summed E-state index contributed by atoms with van der Waals surface area (Å²) < 4.78 is 5.18. The first kappa shape index (κ1) is 15.9. The van der Waals surface area contributed by atoms with E-state index in [1.807, 2.05) is 0 Å². The zero-order chi connectivity index (χ0) is 15.5. The van der Waals surface area contributed by atoms with Gasteiger partial charge in [-0.2, -0.15) is 0 Å². The van der Waals surface area contributed by atoms with Crippen LogP contribution >= 0.6 is 23.2 Å². The molecule has 0 aliphatic heterocycles. The normalized spacial score (nSPS) is 13.7. The quantitative estimate of drug-likeness (QED) is 0.885. The molecule has 4 nitrogen and oxygen atoms in total. The third-order valence-corrected chi connectivity index (χ3v) is 3.69. The lowest BCUT2D eigenvalue weighted by molar-refractivity contribution is 0.0510.